The van der Waals surface area contributed by atoms with Crippen molar-refractivity contribution in [1.29, 1.82) is 0 Å². The smallest absolute Gasteiger partial charge is 0.416 e. The van der Waals surface area contributed by atoms with Gasteiger partial charge in [0.25, 0.3) is 0 Å². The lowest BCUT2D eigenvalue weighted by Gasteiger charge is -2.53. The second-order valence-electron chi connectivity index (χ2n) is 8.72. The number of ether oxygens (including phenoxy) is 1. The zero-order valence-electron chi connectivity index (χ0n) is 20.1. The number of halogens is 3. The number of nitrogens with zero attached hydrogens (tertiary/aromatic N) is 1. The molecule has 1 atom stereocenters. The number of amides is 3. The number of aryl methyl sites for hydroxylation is 1. The van der Waals surface area contributed by atoms with Gasteiger partial charge in [-0.25, -0.2) is 14.5 Å². The zero-order valence-corrected chi connectivity index (χ0v) is 20.1. The van der Waals surface area contributed by atoms with Gasteiger partial charge < -0.3 is 15.2 Å². The van der Waals surface area contributed by atoms with E-state index in [0.717, 1.165) is 22.6 Å². The van der Waals surface area contributed by atoms with Gasteiger partial charge in [0.2, 0.25) is 5.91 Å². The number of benzene rings is 2. The van der Waals surface area contributed by atoms with Crippen molar-refractivity contribution >= 4 is 17.9 Å². The summed E-state index contributed by atoms with van der Waals surface area (Å²) in [7, 11) is 0. The van der Waals surface area contributed by atoms with Crippen molar-refractivity contribution in [2.24, 2.45) is 5.41 Å². The highest BCUT2D eigenvalue weighted by Crippen LogP contribution is 2.46. The van der Waals surface area contributed by atoms with E-state index in [0.29, 0.717) is 37.9 Å². The lowest BCUT2D eigenvalue weighted by Crippen LogP contribution is -2.73. The van der Waals surface area contributed by atoms with Crippen LogP contribution in [-0.2, 0) is 17.4 Å². The van der Waals surface area contributed by atoms with Gasteiger partial charge in [0.1, 0.15) is 11.2 Å². The Hall–Kier alpha value is -3.56. The Balaban J connectivity index is 1.54. The van der Waals surface area contributed by atoms with E-state index in [9.17, 15) is 27.6 Å². The molecule has 1 fully saturated rings. The number of nitrogens with one attached hydrogen (secondary N) is 1. The molecule has 1 aliphatic heterocycles. The fourth-order valence-electron chi connectivity index (χ4n) is 4.30. The van der Waals surface area contributed by atoms with E-state index < -0.39 is 35.4 Å². The van der Waals surface area contributed by atoms with Crippen molar-refractivity contribution in [1.82, 2.24) is 10.2 Å². The van der Waals surface area contributed by atoms with Crippen molar-refractivity contribution < 1.29 is 37.4 Å². The summed E-state index contributed by atoms with van der Waals surface area (Å²) in [5, 5.41) is 11.8. The number of carbonyl (C=O) groups is 3. The average molecular weight is 507 g/mol. The minimum Gasteiger partial charge on any atom is -0.478 e. The Labute approximate surface area is 207 Å². The maximum atomic E-state index is 12.9. The van der Waals surface area contributed by atoms with Crippen LogP contribution in [0.15, 0.2) is 48.5 Å². The summed E-state index contributed by atoms with van der Waals surface area (Å²) in [5.41, 5.74) is -0.686. The lowest BCUT2D eigenvalue weighted by atomic mass is 9.72. The number of unbranched alkanes of at least 4 members (excludes halogenated alkanes) is 1. The van der Waals surface area contributed by atoms with Gasteiger partial charge in [-0.05, 0) is 74.1 Å². The number of carboxylic acid groups (broad SMARTS) is 1. The summed E-state index contributed by atoms with van der Waals surface area (Å²) < 4.78 is 44.0. The Kier molecular flexibility index (Phi) is 8.27. The molecule has 194 valence electrons. The van der Waals surface area contributed by atoms with Gasteiger partial charge >= 0.3 is 18.2 Å². The molecule has 2 N–H and O–H groups in total. The van der Waals surface area contributed by atoms with Crippen molar-refractivity contribution in [2.45, 2.75) is 58.4 Å². The number of hydrogen-bond donors (Lipinski definition) is 2. The van der Waals surface area contributed by atoms with Gasteiger partial charge in [-0.1, -0.05) is 26.0 Å². The van der Waals surface area contributed by atoms with Gasteiger partial charge in [-0.3, -0.25) is 4.79 Å². The summed E-state index contributed by atoms with van der Waals surface area (Å²) >= 11 is 0. The van der Waals surface area contributed by atoms with E-state index in [2.05, 4.69) is 5.32 Å². The normalized spacial score (nSPS) is 16.9. The maximum Gasteiger partial charge on any atom is 0.416 e. The number of alkyl halides is 3. The molecule has 1 unspecified atom stereocenters. The number of urea groups is 1. The van der Waals surface area contributed by atoms with Crippen molar-refractivity contribution in [3.05, 3.63) is 65.2 Å². The molecule has 1 heterocycles. The molecule has 36 heavy (non-hydrogen) atoms. The number of likely N-dealkylation sites (tertiary alicyclic amines) is 1. The van der Waals surface area contributed by atoms with Gasteiger partial charge in [0, 0.05) is 6.54 Å². The summed E-state index contributed by atoms with van der Waals surface area (Å²) in [6.45, 7) is 3.98. The Morgan fingerprint density at radius 1 is 1.03 bits per heavy atom. The molecule has 10 heteroatoms. The Morgan fingerprint density at radius 3 is 2.17 bits per heavy atom. The molecule has 0 spiro atoms. The van der Waals surface area contributed by atoms with Gasteiger partial charge in [0.15, 0.2) is 6.23 Å². The number of imide groups is 1. The van der Waals surface area contributed by atoms with Crippen LogP contribution in [0.4, 0.5) is 18.0 Å². The molecule has 0 aliphatic carbocycles. The summed E-state index contributed by atoms with van der Waals surface area (Å²) in [6, 6.07) is 10.2. The van der Waals surface area contributed by atoms with Crippen LogP contribution in [-0.4, -0.2) is 40.7 Å². The Morgan fingerprint density at radius 2 is 1.64 bits per heavy atom. The number of carboxylic acids is 1. The minimum atomic E-state index is -4.37. The largest absolute Gasteiger partial charge is 0.478 e. The van der Waals surface area contributed by atoms with E-state index in [1.165, 1.54) is 36.4 Å². The van der Waals surface area contributed by atoms with E-state index >= 15 is 0 Å². The van der Waals surface area contributed by atoms with E-state index in [4.69, 9.17) is 9.84 Å². The average Bonchev–Trinajstić information content (AvgIpc) is 2.84. The predicted octanol–water partition coefficient (Wildman–Crippen LogP) is 5.49. The second kappa shape index (κ2) is 11.0. The van der Waals surface area contributed by atoms with E-state index in [1.54, 1.807) is 0 Å². The third-order valence-electron chi connectivity index (χ3n) is 6.63. The van der Waals surface area contributed by atoms with Gasteiger partial charge in [-0.15, -0.1) is 0 Å². The van der Waals surface area contributed by atoms with Gasteiger partial charge in [-0.2, -0.15) is 13.2 Å². The van der Waals surface area contributed by atoms with Crippen LogP contribution >= 0.6 is 0 Å². The number of β-lactam (4-membered cyclic amide) rings is 1. The molecule has 0 radical (unpaired) electrons. The lowest BCUT2D eigenvalue weighted by molar-refractivity contribution is -0.190. The number of rotatable bonds is 10. The zero-order chi connectivity index (χ0) is 26.5. The maximum absolute atomic E-state index is 12.9. The molecule has 1 saturated heterocycles. The first kappa shape index (κ1) is 27.0. The van der Waals surface area contributed by atoms with E-state index in [1.807, 2.05) is 13.8 Å². The van der Waals surface area contributed by atoms with Crippen molar-refractivity contribution in [2.75, 3.05) is 6.54 Å². The predicted molar refractivity (Wildman–Crippen MR) is 125 cm³/mol. The molecule has 0 aromatic heterocycles. The molecule has 2 aromatic carbocycles. The fourth-order valence-corrected chi connectivity index (χ4v) is 4.30. The molecule has 0 saturated carbocycles. The summed E-state index contributed by atoms with van der Waals surface area (Å²) in [4.78, 5) is 37.8. The monoisotopic (exact) mass is 506 g/mol. The minimum absolute atomic E-state index is 0.0928. The fraction of sp³-hybridized carbons (Fsp3) is 0.423. The Bertz CT molecular complexity index is 1080. The molecule has 1 aliphatic rings. The van der Waals surface area contributed by atoms with Crippen molar-refractivity contribution in [3.63, 3.8) is 0 Å². The number of hydrogen-bond acceptors (Lipinski definition) is 4. The van der Waals surface area contributed by atoms with Crippen LogP contribution in [0.1, 0.15) is 61.0 Å². The van der Waals surface area contributed by atoms with Crippen molar-refractivity contribution in [3.8, 4) is 5.75 Å². The van der Waals surface area contributed by atoms with E-state index in [-0.39, 0.29) is 18.0 Å². The molecule has 0 bridgehead atoms. The number of carbonyl (C=O) groups excluding carboxylic acids is 2. The highest BCUT2D eigenvalue weighted by atomic mass is 19.4. The molecular weight excluding hydrogens is 477 g/mol. The van der Waals surface area contributed by atoms with Crippen LogP contribution in [0.2, 0.25) is 0 Å². The SMILES string of the molecule is CCC1(CC)C(=O)N(C(=O)NCCCCc2ccc(C(F)(F)F)cc2)C1Oc1ccc(C(=O)O)cc1. The standard InChI is InChI=1S/C26H29F3N2O5/c1-3-25(4-2)22(34)31(23(25)36-20-14-10-18(11-15-20)21(32)33)24(35)30-16-6-5-7-17-8-12-19(13-9-17)26(27,28)29/h8-15,23H,3-7,16H2,1-2H3,(H,30,35)(H,32,33). The van der Waals surface area contributed by atoms with Crippen LogP contribution < -0.4 is 10.1 Å². The first-order valence-electron chi connectivity index (χ1n) is 11.8. The third kappa shape index (κ3) is 5.63. The first-order chi connectivity index (χ1) is 17.0. The van der Waals surface area contributed by atoms with Crippen LogP contribution in [0.3, 0.4) is 0 Å². The topological polar surface area (TPSA) is 95.9 Å². The second-order valence-corrected chi connectivity index (χ2v) is 8.72. The molecule has 3 amide bonds. The van der Waals surface area contributed by atoms with Crippen LogP contribution in [0.5, 0.6) is 5.75 Å². The summed E-state index contributed by atoms with van der Waals surface area (Å²) in [6.07, 6.45) is -2.49. The van der Waals surface area contributed by atoms with Gasteiger partial charge in [0.05, 0.1) is 11.1 Å². The quantitative estimate of drug-likeness (QED) is 0.328. The van der Waals surface area contributed by atoms with Crippen LogP contribution in [0, 0.1) is 5.41 Å². The highest BCUT2D eigenvalue weighted by molar-refractivity contribution is 6.03. The molecule has 2 aromatic rings. The van der Waals surface area contributed by atoms with Crippen LogP contribution in [0.25, 0.3) is 0 Å². The third-order valence-corrected chi connectivity index (χ3v) is 6.63. The first-order valence-corrected chi connectivity index (χ1v) is 11.8. The molecular formula is C26H29F3N2O5. The molecule has 7 nitrogen and oxygen atoms in total. The molecule has 3 rings (SSSR count). The number of aromatic carboxylic acids is 1. The summed E-state index contributed by atoms with van der Waals surface area (Å²) in [5.74, 6) is -1.06. The highest BCUT2D eigenvalue weighted by Gasteiger charge is 2.62.